The van der Waals surface area contributed by atoms with Crippen LogP contribution >= 0.6 is 0 Å². The lowest BCUT2D eigenvalue weighted by atomic mass is 9.62. The third kappa shape index (κ3) is 3.55. The summed E-state index contributed by atoms with van der Waals surface area (Å²) in [6, 6.07) is 3.83. The molecule has 2 amide bonds. The quantitative estimate of drug-likeness (QED) is 0.864. The fourth-order valence-corrected chi connectivity index (χ4v) is 4.34. The summed E-state index contributed by atoms with van der Waals surface area (Å²) in [7, 11) is 0. The standard InChI is InChI=1S/C20H29N3O2/c1-3-16(4-2)19(25)23-13-17(20(14-23)8-5-9-20)18(24)22-12-15-6-10-21-11-7-15/h6-7,10-11,16-17H,3-5,8-9,12-14H2,1-2H3,(H,22,24). The van der Waals surface area contributed by atoms with Crippen LogP contribution in [0, 0.1) is 17.3 Å². The number of hydrogen-bond donors (Lipinski definition) is 1. The minimum atomic E-state index is -0.0681. The summed E-state index contributed by atoms with van der Waals surface area (Å²) < 4.78 is 0. The second-order valence-corrected chi connectivity index (χ2v) is 7.57. The van der Waals surface area contributed by atoms with Gasteiger partial charge in [-0.25, -0.2) is 0 Å². The molecule has 1 aliphatic heterocycles. The molecule has 3 rings (SSSR count). The lowest BCUT2D eigenvalue weighted by Crippen LogP contribution is -2.45. The van der Waals surface area contributed by atoms with Gasteiger partial charge >= 0.3 is 0 Å². The van der Waals surface area contributed by atoms with E-state index in [0.717, 1.165) is 37.8 Å². The molecule has 2 aliphatic rings. The second-order valence-electron chi connectivity index (χ2n) is 7.57. The number of amides is 2. The molecule has 1 aromatic heterocycles. The number of rotatable bonds is 6. The first-order valence-corrected chi connectivity index (χ1v) is 9.55. The van der Waals surface area contributed by atoms with Crippen molar-refractivity contribution < 1.29 is 9.59 Å². The van der Waals surface area contributed by atoms with E-state index in [-0.39, 0.29) is 29.1 Å². The minimum absolute atomic E-state index is 0.0179. The average molecular weight is 343 g/mol. The van der Waals surface area contributed by atoms with Crippen LogP contribution in [0.15, 0.2) is 24.5 Å². The first-order valence-electron chi connectivity index (χ1n) is 9.55. The number of nitrogens with one attached hydrogen (secondary N) is 1. The molecule has 1 atom stereocenters. The molecule has 1 saturated carbocycles. The van der Waals surface area contributed by atoms with Crippen LogP contribution in [0.3, 0.4) is 0 Å². The van der Waals surface area contributed by atoms with Crippen molar-refractivity contribution in [3.8, 4) is 0 Å². The van der Waals surface area contributed by atoms with E-state index in [4.69, 9.17) is 0 Å². The SMILES string of the molecule is CCC(CC)C(=O)N1CC(C(=O)NCc2ccncc2)C2(CCC2)C1. The van der Waals surface area contributed by atoms with Crippen LogP contribution in [0.5, 0.6) is 0 Å². The van der Waals surface area contributed by atoms with Crippen molar-refractivity contribution in [2.24, 2.45) is 17.3 Å². The molecule has 136 valence electrons. The second kappa shape index (κ2) is 7.54. The molecule has 1 unspecified atom stereocenters. The van der Waals surface area contributed by atoms with E-state index < -0.39 is 0 Å². The van der Waals surface area contributed by atoms with Gasteiger partial charge in [0.15, 0.2) is 0 Å². The summed E-state index contributed by atoms with van der Waals surface area (Å²) in [6.45, 7) is 6.00. The van der Waals surface area contributed by atoms with Crippen LogP contribution in [-0.2, 0) is 16.1 Å². The normalized spacial score (nSPS) is 21.4. The number of carbonyl (C=O) groups is 2. The zero-order valence-electron chi connectivity index (χ0n) is 15.3. The maximum absolute atomic E-state index is 12.8. The fourth-order valence-electron chi connectivity index (χ4n) is 4.34. The van der Waals surface area contributed by atoms with Crippen molar-refractivity contribution in [3.05, 3.63) is 30.1 Å². The number of aromatic nitrogens is 1. The summed E-state index contributed by atoms with van der Waals surface area (Å²) in [5.74, 6) is 0.356. The number of hydrogen-bond acceptors (Lipinski definition) is 3. The highest BCUT2D eigenvalue weighted by molar-refractivity contribution is 5.84. The Labute approximate surface area is 150 Å². The van der Waals surface area contributed by atoms with Crippen molar-refractivity contribution in [3.63, 3.8) is 0 Å². The monoisotopic (exact) mass is 343 g/mol. The molecule has 25 heavy (non-hydrogen) atoms. The van der Waals surface area contributed by atoms with Crippen molar-refractivity contribution >= 4 is 11.8 Å². The minimum Gasteiger partial charge on any atom is -0.352 e. The van der Waals surface area contributed by atoms with Crippen molar-refractivity contribution in [2.75, 3.05) is 13.1 Å². The van der Waals surface area contributed by atoms with E-state index in [1.54, 1.807) is 12.4 Å². The Morgan fingerprint density at radius 1 is 1.28 bits per heavy atom. The van der Waals surface area contributed by atoms with E-state index in [9.17, 15) is 9.59 Å². The van der Waals surface area contributed by atoms with E-state index in [1.165, 1.54) is 6.42 Å². The number of pyridine rings is 1. The Morgan fingerprint density at radius 2 is 1.96 bits per heavy atom. The molecule has 5 nitrogen and oxygen atoms in total. The maximum Gasteiger partial charge on any atom is 0.225 e. The maximum atomic E-state index is 12.8. The first kappa shape index (κ1) is 17.9. The van der Waals surface area contributed by atoms with E-state index >= 15 is 0 Å². The number of carbonyl (C=O) groups excluding carboxylic acids is 2. The van der Waals surface area contributed by atoms with Gasteiger partial charge < -0.3 is 10.2 Å². The largest absolute Gasteiger partial charge is 0.352 e. The molecule has 2 heterocycles. The van der Waals surface area contributed by atoms with Gasteiger partial charge in [-0.3, -0.25) is 14.6 Å². The summed E-state index contributed by atoms with van der Waals surface area (Å²) in [5.41, 5.74) is 1.07. The Hall–Kier alpha value is -1.91. The Balaban J connectivity index is 1.65. The molecule has 1 aliphatic carbocycles. The number of nitrogens with zero attached hydrogens (tertiary/aromatic N) is 2. The van der Waals surface area contributed by atoms with Crippen molar-refractivity contribution in [1.82, 2.24) is 15.2 Å². The van der Waals surface area contributed by atoms with Gasteiger partial charge in [-0.1, -0.05) is 20.3 Å². The van der Waals surface area contributed by atoms with Crippen LogP contribution in [0.1, 0.15) is 51.5 Å². The zero-order valence-corrected chi connectivity index (χ0v) is 15.3. The van der Waals surface area contributed by atoms with Gasteiger partial charge in [-0.15, -0.1) is 0 Å². The van der Waals surface area contributed by atoms with Crippen molar-refractivity contribution in [2.45, 2.75) is 52.5 Å². The van der Waals surface area contributed by atoms with Crippen LogP contribution < -0.4 is 5.32 Å². The van der Waals surface area contributed by atoms with Gasteiger partial charge in [-0.05, 0) is 43.4 Å². The van der Waals surface area contributed by atoms with E-state index in [2.05, 4.69) is 24.1 Å². The van der Waals surface area contributed by atoms with Gasteiger partial charge in [0.05, 0.1) is 5.92 Å². The van der Waals surface area contributed by atoms with Crippen LogP contribution in [0.2, 0.25) is 0 Å². The van der Waals surface area contributed by atoms with Crippen LogP contribution in [0.25, 0.3) is 0 Å². The fraction of sp³-hybridized carbons (Fsp3) is 0.650. The highest BCUT2D eigenvalue weighted by atomic mass is 16.2. The topological polar surface area (TPSA) is 62.3 Å². The molecule has 2 fully saturated rings. The predicted molar refractivity (Wildman–Crippen MR) is 96.5 cm³/mol. The van der Waals surface area contributed by atoms with Gasteiger partial charge in [0, 0.05) is 43.4 Å². The zero-order chi connectivity index (χ0) is 17.9. The van der Waals surface area contributed by atoms with Gasteiger partial charge in [0.1, 0.15) is 0 Å². The van der Waals surface area contributed by atoms with Gasteiger partial charge in [-0.2, -0.15) is 0 Å². The molecule has 1 aromatic rings. The highest BCUT2D eigenvalue weighted by Crippen LogP contribution is 2.52. The Kier molecular flexibility index (Phi) is 5.40. The molecule has 0 aromatic carbocycles. The van der Waals surface area contributed by atoms with Crippen molar-refractivity contribution in [1.29, 1.82) is 0 Å². The Morgan fingerprint density at radius 3 is 2.52 bits per heavy atom. The molecule has 1 spiro atoms. The van der Waals surface area contributed by atoms with E-state index in [0.29, 0.717) is 13.1 Å². The molecule has 1 saturated heterocycles. The third-order valence-corrected chi connectivity index (χ3v) is 6.18. The molecule has 1 N–H and O–H groups in total. The molecular formula is C20H29N3O2. The predicted octanol–water partition coefficient (Wildman–Crippen LogP) is 2.76. The van der Waals surface area contributed by atoms with Crippen LogP contribution in [-0.4, -0.2) is 34.8 Å². The average Bonchev–Trinajstić information content (AvgIpc) is 3.03. The molecular weight excluding hydrogens is 314 g/mol. The lowest BCUT2D eigenvalue weighted by molar-refractivity contribution is -0.135. The lowest BCUT2D eigenvalue weighted by Gasteiger charge is -2.42. The Bertz CT molecular complexity index is 609. The van der Waals surface area contributed by atoms with E-state index in [1.807, 2.05) is 17.0 Å². The third-order valence-electron chi connectivity index (χ3n) is 6.18. The van der Waals surface area contributed by atoms with Gasteiger partial charge in [0.2, 0.25) is 11.8 Å². The smallest absolute Gasteiger partial charge is 0.225 e. The molecule has 0 bridgehead atoms. The molecule has 0 radical (unpaired) electrons. The summed E-state index contributed by atoms with van der Waals surface area (Å²) in [5, 5.41) is 3.08. The molecule has 5 heteroatoms. The number of likely N-dealkylation sites (tertiary alicyclic amines) is 1. The summed E-state index contributed by atoms with van der Waals surface area (Å²) in [4.78, 5) is 31.6. The van der Waals surface area contributed by atoms with Gasteiger partial charge in [0.25, 0.3) is 0 Å². The first-order chi connectivity index (χ1) is 12.1. The summed E-state index contributed by atoms with van der Waals surface area (Å²) >= 11 is 0. The highest BCUT2D eigenvalue weighted by Gasteiger charge is 2.54. The van der Waals surface area contributed by atoms with Crippen LogP contribution in [0.4, 0.5) is 0 Å². The summed E-state index contributed by atoms with van der Waals surface area (Å²) in [6.07, 6.45) is 8.51.